The Morgan fingerprint density at radius 2 is 1.47 bits per heavy atom. The van der Waals surface area contributed by atoms with Gasteiger partial charge in [-0.15, -0.1) is 5.06 Å². The molecule has 0 spiro atoms. The van der Waals surface area contributed by atoms with Gasteiger partial charge in [-0.1, -0.05) is 44.2 Å². The number of ether oxygens (including phenoxy) is 2. The molecule has 6 N–H and O–H groups in total. The van der Waals surface area contributed by atoms with Crippen LogP contribution in [0.3, 0.4) is 0 Å². The van der Waals surface area contributed by atoms with Crippen molar-refractivity contribution in [2.45, 2.75) is 94.8 Å². The number of imide groups is 1. The lowest BCUT2D eigenvalue weighted by Gasteiger charge is -2.30. The van der Waals surface area contributed by atoms with Crippen LogP contribution in [0.15, 0.2) is 59.5 Å². The number of amides is 7. The third-order valence-electron chi connectivity index (χ3n) is 9.74. The highest BCUT2D eigenvalue weighted by atomic mass is 32.2. The van der Waals surface area contributed by atoms with E-state index in [0.717, 1.165) is 9.87 Å². The van der Waals surface area contributed by atoms with Crippen LogP contribution in [0.5, 0.6) is 0 Å². The highest BCUT2D eigenvalue weighted by Gasteiger charge is 2.34. The van der Waals surface area contributed by atoms with Crippen LogP contribution >= 0.6 is 0 Å². The Labute approximate surface area is 371 Å². The summed E-state index contributed by atoms with van der Waals surface area (Å²) in [6.07, 6.45) is -1.83. The molecule has 0 aliphatic carbocycles. The maximum Gasteiger partial charge on any atom is 0.407 e. The van der Waals surface area contributed by atoms with Crippen LogP contribution in [0, 0.1) is 5.92 Å². The average molecular weight is 916 g/mol. The molecule has 4 rings (SSSR count). The van der Waals surface area contributed by atoms with Crippen molar-refractivity contribution >= 4 is 63.2 Å². The zero-order valence-electron chi connectivity index (χ0n) is 35.9. The van der Waals surface area contributed by atoms with E-state index in [9.17, 15) is 51.9 Å². The monoisotopic (exact) mass is 915 g/mol. The molecule has 64 heavy (non-hydrogen) atoms. The van der Waals surface area contributed by atoms with Crippen molar-refractivity contribution in [1.29, 1.82) is 0 Å². The number of anilines is 1. The summed E-state index contributed by atoms with van der Waals surface area (Å²) in [6.45, 7) is 3.38. The van der Waals surface area contributed by atoms with E-state index in [-0.39, 0.29) is 88.4 Å². The number of benzene rings is 2. The molecular weight excluding hydrogens is 859 g/mol. The minimum atomic E-state index is -4.17. The summed E-state index contributed by atoms with van der Waals surface area (Å²) < 4.78 is 39.8. The predicted octanol–water partition coefficient (Wildman–Crippen LogP) is 0.665. The van der Waals surface area contributed by atoms with Crippen molar-refractivity contribution in [3.8, 4) is 0 Å². The molecule has 2 saturated heterocycles. The lowest BCUT2D eigenvalue weighted by atomic mass is 10.0. The van der Waals surface area contributed by atoms with Gasteiger partial charge in [0.2, 0.25) is 33.7 Å². The van der Waals surface area contributed by atoms with Gasteiger partial charge in [0.25, 0.3) is 11.8 Å². The Morgan fingerprint density at radius 1 is 0.828 bits per heavy atom. The first kappa shape index (κ1) is 50.7. The van der Waals surface area contributed by atoms with E-state index in [1.807, 2.05) is 44.2 Å². The number of nitrogens with zero attached hydrogens (tertiary/aromatic N) is 2. The number of hydroxylamine groups is 2. The van der Waals surface area contributed by atoms with Crippen molar-refractivity contribution in [1.82, 2.24) is 30.6 Å². The Bertz CT molecular complexity index is 2030. The van der Waals surface area contributed by atoms with Gasteiger partial charge in [0.15, 0.2) is 0 Å². The summed E-state index contributed by atoms with van der Waals surface area (Å²) in [6, 6.07) is 13.8. The molecule has 2 aromatic carbocycles. The van der Waals surface area contributed by atoms with Crippen LogP contribution in [0.25, 0.3) is 0 Å². The van der Waals surface area contributed by atoms with Crippen LogP contribution in [0.1, 0.15) is 70.8 Å². The van der Waals surface area contributed by atoms with Crippen molar-refractivity contribution < 1.29 is 66.2 Å². The Kier molecular flexibility index (Phi) is 20.1. The van der Waals surface area contributed by atoms with Gasteiger partial charge >= 0.3 is 12.1 Å². The van der Waals surface area contributed by atoms with E-state index in [1.165, 1.54) is 24.3 Å². The van der Waals surface area contributed by atoms with Gasteiger partial charge in [0.05, 0.1) is 43.3 Å². The van der Waals surface area contributed by atoms with Gasteiger partial charge in [-0.2, -0.15) is 4.31 Å². The number of rotatable bonds is 25. The summed E-state index contributed by atoms with van der Waals surface area (Å²) in [7, 11) is -4.17. The minimum absolute atomic E-state index is 0.0263. The van der Waals surface area contributed by atoms with Crippen molar-refractivity contribution in [2.24, 2.45) is 5.92 Å². The number of aliphatic hydroxyl groups is 1. The number of hydrogen-bond acceptors (Lipinski definition) is 14. The molecule has 0 bridgehead atoms. The minimum Gasteiger partial charge on any atom is -0.444 e. The SMILES string of the molecule is CC(C)CN(C[C@@H](O)[C@H](Cc1ccccc1)NC(=O)O[C@H]1CCOC1)S(=O)(=O)c1ccc(NC(=O)CCCC(=O)NCC(=O)NCC(=O)NCCCC(=O)ON2C(=O)CCC2=O)cc1. The topological polar surface area (TPSA) is 285 Å². The number of sulfonamides is 1. The fourth-order valence-corrected chi connectivity index (χ4v) is 8.06. The van der Waals surface area contributed by atoms with Gasteiger partial charge in [0.1, 0.15) is 6.10 Å². The quantitative estimate of drug-likeness (QED) is 0.0590. The van der Waals surface area contributed by atoms with Crippen molar-refractivity contribution in [3.63, 3.8) is 0 Å². The molecule has 2 aliphatic rings. The van der Waals surface area contributed by atoms with Crippen LogP contribution < -0.4 is 26.6 Å². The molecule has 0 aromatic heterocycles. The fraction of sp³-hybridized carbons (Fsp3) is 0.524. The largest absolute Gasteiger partial charge is 0.444 e. The Morgan fingerprint density at radius 3 is 2.11 bits per heavy atom. The van der Waals surface area contributed by atoms with Gasteiger partial charge in [0, 0.05) is 63.8 Å². The van der Waals surface area contributed by atoms with Gasteiger partial charge < -0.3 is 46.0 Å². The molecule has 2 heterocycles. The summed E-state index contributed by atoms with van der Waals surface area (Å²) >= 11 is 0. The normalized spacial score (nSPS) is 16.0. The molecule has 350 valence electrons. The van der Waals surface area contributed by atoms with Crippen molar-refractivity contribution in [3.05, 3.63) is 60.2 Å². The maximum atomic E-state index is 14.0. The number of carbonyl (C=O) groups is 8. The molecular formula is C42H57N7O14S. The van der Waals surface area contributed by atoms with E-state index < -0.39 is 88.9 Å². The average Bonchev–Trinajstić information content (AvgIpc) is 3.88. The summed E-state index contributed by atoms with van der Waals surface area (Å²) in [5.41, 5.74) is 1.12. The second-order valence-corrected chi connectivity index (χ2v) is 17.5. The number of aliphatic hydroxyl groups excluding tert-OH is 1. The van der Waals surface area contributed by atoms with Crippen LogP contribution in [0.2, 0.25) is 0 Å². The van der Waals surface area contributed by atoms with E-state index in [1.54, 1.807) is 0 Å². The van der Waals surface area contributed by atoms with Crippen LogP contribution in [0.4, 0.5) is 10.5 Å². The van der Waals surface area contributed by atoms with E-state index in [0.29, 0.717) is 23.8 Å². The standard InChI is InChI=1S/C42H57N7O14S/c1-28(2)25-48(26-34(50)33(22-29-8-4-3-5-9-29)47-42(58)62-31-19-21-61-27-31)64(59,60)32-15-13-30(14-16-32)46-36(52)11-6-10-35(51)44-24-38(54)45-23-37(53)43-20-7-12-41(57)63-49-39(55)17-18-40(49)56/h3-5,8-9,13-16,28,31,33-34,50H,6-7,10-12,17-27H2,1-2H3,(H,43,53)(H,44,51)(H,45,54)(H,46,52)(H,47,58)/t31-,33-,34+/m0/s1. The Balaban J connectivity index is 1.16. The first-order chi connectivity index (χ1) is 30.5. The molecule has 2 aliphatic heterocycles. The maximum absolute atomic E-state index is 14.0. The summed E-state index contributed by atoms with van der Waals surface area (Å²) in [5.74, 6) is -4.28. The third kappa shape index (κ3) is 17.3. The van der Waals surface area contributed by atoms with E-state index in [4.69, 9.17) is 14.3 Å². The van der Waals surface area contributed by atoms with Gasteiger partial charge in [-0.3, -0.25) is 28.8 Å². The van der Waals surface area contributed by atoms with Gasteiger partial charge in [-0.25, -0.2) is 18.0 Å². The molecule has 7 amide bonds. The number of alkyl carbamates (subject to hydrolysis) is 1. The highest BCUT2D eigenvalue weighted by molar-refractivity contribution is 7.89. The lowest BCUT2D eigenvalue weighted by molar-refractivity contribution is -0.197. The lowest BCUT2D eigenvalue weighted by Crippen LogP contribution is -2.51. The zero-order chi connectivity index (χ0) is 46.6. The molecule has 0 radical (unpaired) electrons. The number of nitrogens with one attached hydrogen (secondary N) is 5. The van der Waals surface area contributed by atoms with E-state index in [2.05, 4.69) is 26.6 Å². The molecule has 22 heteroatoms. The third-order valence-corrected chi connectivity index (χ3v) is 11.6. The van der Waals surface area contributed by atoms with Crippen LogP contribution in [-0.4, -0.2) is 135 Å². The zero-order valence-corrected chi connectivity index (χ0v) is 36.7. The smallest absolute Gasteiger partial charge is 0.407 e. The Hall–Kier alpha value is -5.97. The molecule has 3 atom stereocenters. The summed E-state index contributed by atoms with van der Waals surface area (Å²) in [4.78, 5) is 101. The number of carbonyl (C=O) groups excluding carboxylic acids is 8. The molecule has 0 unspecified atom stereocenters. The second-order valence-electron chi connectivity index (χ2n) is 15.6. The van der Waals surface area contributed by atoms with Crippen LogP contribution in [-0.2, 0) is 64.3 Å². The molecule has 2 fully saturated rings. The first-order valence-corrected chi connectivity index (χ1v) is 22.5. The molecule has 2 aromatic rings. The molecule has 0 saturated carbocycles. The first-order valence-electron chi connectivity index (χ1n) is 21.0. The van der Waals surface area contributed by atoms with Crippen molar-refractivity contribution in [2.75, 3.05) is 51.3 Å². The second kappa shape index (κ2) is 25.4. The van der Waals surface area contributed by atoms with Gasteiger partial charge in [-0.05, 0) is 55.0 Å². The molecule has 21 nitrogen and oxygen atoms in total. The number of hydrogen-bond donors (Lipinski definition) is 6. The fourth-order valence-electron chi connectivity index (χ4n) is 6.44. The highest BCUT2D eigenvalue weighted by Crippen LogP contribution is 2.22. The summed E-state index contributed by atoms with van der Waals surface area (Å²) in [5, 5.41) is 24.5. The predicted molar refractivity (Wildman–Crippen MR) is 227 cm³/mol. The van der Waals surface area contributed by atoms with E-state index >= 15 is 0 Å².